The van der Waals surface area contributed by atoms with Gasteiger partial charge in [0.2, 0.25) is 5.91 Å². The lowest BCUT2D eigenvalue weighted by atomic mass is 10.1. The Morgan fingerprint density at radius 2 is 2.00 bits per heavy atom. The van der Waals surface area contributed by atoms with Crippen LogP contribution in [0.3, 0.4) is 0 Å². The molecule has 0 aliphatic carbocycles. The molecule has 0 bridgehead atoms. The summed E-state index contributed by atoms with van der Waals surface area (Å²) in [5, 5.41) is 0. The van der Waals surface area contributed by atoms with Gasteiger partial charge in [0.25, 0.3) is 0 Å². The van der Waals surface area contributed by atoms with E-state index in [9.17, 15) is 4.79 Å². The van der Waals surface area contributed by atoms with E-state index in [1.54, 1.807) is 6.20 Å². The Hall–Kier alpha value is -2.14. The van der Waals surface area contributed by atoms with Gasteiger partial charge in [-0.25, -0.2) is 4.98 Å². The van der Waals surface area contributed by atoms with Crippen LogP contribution in [0.2, 0.25) is 0 Å². The van der Waals surface area contributed by atoms with E-state index in [1.165, 1.54) is 11.1 Å². The number of carbonyl (C=O) groups is 1. The highest BCUT2D eigenvalue weighted by atomic mass is 16.5. The van der Waals surface area contributed by atoms with Gasteiger partial charge in [0.15, 0.2) is 0 Å². The number of nitrogens with zero attached hydrogens (tertiary/aromatic N) is 3. The van der Waals surface area contributed by atoms with E-state index in [1.807, 2.05) is 34.7 Å². The van der Waals surface area contributed by atoms with E-state index in [0.717, 1.165) is 5.82 Å². The number of hydrogen-bond donors (Lipinski definition) is 0. The van der Waals surface area contributed by atoms with Crippen LogP contribution in [0.4, 0.5) is 0 Å². The smallest absolute Gasteiger partial charge is 0.245 e. The predicted molar refractivity (Wildman–Crippen MR) is 97.4 cm³/mol. The number of imidazole rings is 1. The van der Waals surface area contributed by atoms with Gasteiger partial charge >= 0.3 is 0 Å². The molecule has 1 aliphatic heterocycles. The zero-order valence-electron chi connectivity index (χ0n) is 15.5. The minimum absolute atomic E-state index is 0.128. The summed E-state index contributed by atoms with van der Waals surface area (Å²) in [6.45, 7) is 10.2. The van der Waals surface area contributed by atoms with E-state index in [0.29, 0.717) is 25.6 Å². The van der Waals surface area contributed by atoms with Gasteiger partial charge in [-0.3, -0.25) is 4.79 Å². The van der Waals surface area contributed by atoms with Crippen molar-refractivity contribution in [2.45, 2.75) is 52.4 Å². The van der Waals surface area contributed by atoms with E-state index >= 15 is 0 Å². The molecule has 0 radical (unpaired) electrons. The molecule has 25 heavy (non-hydrogen) atoms. The minimum Gasteiger partial charge on any atom is -0.370 e. The van der Waals surface area contributed by atoms with Crippen LogP contribution in [0, 0.1) is 6.92 Å². The third-order valence-corrected chi connectivity index (χ3v) is 4.89. The molecule has 1 aromatic carbocycles. The number of amides is 1. The minimum atomic E-state index is -0.225. The summed E-state index contributed by atoms with van der Waals surface area (Å²) in [6, 6.07) is 8.02. The van der Waals surface area contributed by atoms with Crippen molar-refractivity contribution in [1.82, 2.24) is 14.5 Å². The van der Waals surface area contributed by atoms with Gasteiger partial charge in [0, 0.05) is 31.4 Å². The van der Waals surface area contributed by atoms with E-state index in [2.05, 4.69) is 37.9 Å². The van der Waals surface area contributed by atoms with E-state index < -0.39 is 0 Å². The number of likely N-dealkylation sites (tertiary alicyclic amines) is 1. The van der Waals surface area contributed by atoms with E-state index in [4.69, 9.17) is 4.74 Å². The number of ether oxygens (including phenoxy) is 1. The summed E-state index contributed by atoms with van der Waals surface area (Å²) >= 11 is 0. The average molecular weight is 341 g/mol. The Kier molecular flexibility index (Phi) is 5.23. The standard InChI is InChI=1S/C20H27N3O2/c1-14(2)19-21-9-10-23(19)16(4)20(24)22-11-18(12-22)25-13-17-8-6-5-7-15(17)3/h5-10,14,16,18H,11-13H2,1-4H3/t16-/m1/s1. The molecule has 1 saturated heterocycles. The van der Waals surface area contributed by atoms with Crippen molar-refractivity contribution in [1.29, 1.82) is 0 Å². The molecule has 0 saturated carbocycles. The lowest BCUT2D eigenvalue weighted by Gasteiger charge is -2.40. The average Bonchev–Trinajstić information content (AvgIpc) is 3.03. The summed E-state index contributed by atoms with van der Waals surface area (Å²) < 4.78 is 7.93. The second-order valence-electron chi connectivity index (χ2n) is 7.13. The maximum absolute atomic E-state index is 12.7. The Labute approximate surface area is 149 Å². The van der Waals surface area contributed by atoms with Gasteiger partial charge in [-0.1, -0.05) is 38.1 Å². The van der Waals surface area contributed by atoms with Gasteiger partial charge < -0.3 is 14.2 Å². The molecule has 1 atom stereocenters. The second-order valence-corrected chi connectivity index (χ2v) is 7.13. The van der Waals surface area contributed by atoms with Crippen LogP contribution in [0.15, 0.2) is 36.7 Å². The van der Waals surface area contributed by atoms with Crippen LogP contribution in [0.5, 0.6) is 0 Å². The number of carbonyl (C=O) groups excluding carboxylic acids is 1. The van der Waals surface area contributed by atoms with E-state index in [-0.39, 0.29) is 18.1 Å². The molecule has 1 fully saturated rings. The van der Waals surface area contributed by atoms with Crippen molar-refractivity contribution in [2.75, 3.05) is 13.1 Å². The number of rotatable bonds is 6. The van der Waals surface area contributed by atoms with Crippen molar-refractivity contribution in [2.24, 2.45) is 0 Å². The highest BCUT2D eigenvalue weighted by Gasteiger charge is 2.34. The first-order valence-corrected chi connectivity index (χ1v) is 8.95. The molecule has 3 rings (SSSR count). The first-order chi connectivity index (χ1) is 12.0. The van der Waals surface area contributed by atoms with Gasteiger partial charge in [-0.15, -0.1) is 0 Å². The van der Waals surface area contributed by atoms with Crippen molar-refractivity contribution in [3.05, 3.63) is 53.6 Å². The SMILES string of the molecule is Cc1ccccc1COC1CN(C(=O)[C@@H](C)n2ccnc2C(C)C)C1. The molecule has 0 N–H and O–H groups in total. The Bertz CT molecular complexity index is 732. The van der Waals surface area contributed by atoms with Gasteiger partial charge in [0.05, 0.1) is 12.7 Å². The van der Waals surface area contributed by atoms with Gasteiger partial charge in [-0.05, 0) is 25.0 Å². The van der Waals surface area contributed by atoms with Crippen molar-refractivity contribution >= 4 is 5.91 Å². The van der Waals surface area contributed by atoms with Crippen molar-refractivity contribution in [3.63, 3.8) is 0 Å². The van der Waals surface area contributed by atoms with Crippen LogP contribution in [-0.2, 0) is 16.1 Å². The molecule has 134 valence electrons. The second kappa shape index (κ2) is 7.40. The maximum atomic E-state index is 12.7. The molecule has 5 heteroatoms. The molecular weight excluding hydrogens is 314 g/mol. The summed E-state index contributed by atoms with van der Waals surface area (Å²) in [5.41, 5.74) is 2.45. The molecule has 5 nitrogen and oxygen atoms in total. The zero-order chi connectivity index (χ0) is 18.0. The molecule has 2 heterocycles. The van der Waals surface area contributed by atoms with Gasteiger partial charge in [0.1, 0.15) is 11.9 Å². The number of aryl methyl sites for hydroxylation is 1. The Morgan fingerprint density at radius 1 is 1.28 bits per heavy atom. The summed E-state index contributed by atoms with van der Waals surface area (Å²) in [7, 11) is 0. The van der Waals surface area contributed by atoms with Crippen molar-refractivity contribution < 1.29 is 9.53 Å². The molecule has 1 aromatic heterocycles. The molecule has 0 unspecified atom stereocenters. The number of hydrogen-bond acceptors (Lipinski definition) is 3. The molecule has 0 spiro atoms. The fourth-order valence-corrected chi connectivity index (χ4v) is 3.19. The maximum Gasteiger partial charge on any atom is 0.245 e. The summed E-state index contributed by atoms with van der Waals surface area (Å²) in [6.07, 6.45) is 3.79. The number of aromatic nitrogens is 2. The van der Waals surface area contributed by atoms with Crippen molar-refractivity contribution in [3.8, 4) is 0 Å². The monoisotopic (exact) mass is 341 g/mol. The fraction of sp³-hybridized carbons (Fsp3) is 0.500. The quantitative estimate of drug-likeness (QED) is 0.810. The first kappa shape index (κ1) is 17.7. The largest absolute Gasteiger partial charge is 0.370 e. The normalized spacial score (nSPS) is 16.1. The first-order valence-electron chi connectivity index (χ1n) is 8.95. The highest BCUT2D eigenvalue weighted by Crippen LogP contribution is 2.23. The topological polar surface area (TPSA) is 47.4 Å². The van der Waals surface area contributed by atoms with Gasteiger partial charge in [-0.2, -0.15) is 0 Å². The third-order valence-electron chi connectivity index (χ3n) is 4.89. The molecule has 1 aliphatic rings. The lowest BCUT2D eigenvalue weighted by molar-refractivity contribution is -0.149. The third kappa shape index (κ3) is 3.76. The van der Waals surface area contributed by atoms with Crippen LogP contribution in [0.25, 0.3) is 0 Å². The molecule has 2 aromatic rings. The van der Waals surface area contributed by atoms with Crippen LogP contribution >= 0.6 is 0 Å². The highest BCUT2D eigenvalue weighted by molar-refractivity contribution is 5.81. The summed E-state index contributed by atoms with van der Waals surface area (Å²) in [4.78, 5) is 18.9. The summed E-state index contributed by atoms with van der Waals surface area (Å²) in [5.74, 6) is 1.39. The molecule has 1 amide bonds. The van der Waals surface area contributed by atoms with Crippen LogP contribution in [-0.4, -0.2) is 39.6 Å². The Balaban J connectivity index is 1.51. The lowest BCUT2D eigenvalue weighted by Crippen LogP contribution is -2.56. The predicted octanol–water partition coefficient (Wildman–Crippen LogP) is 3.30. The van der Waals surface area contributed by atoms with Crippen LogP contribution < -0.4 is 0 Å². The van der Waals surface area contributed by atoms with Crippen LogP contribution in [0.1, 0.15) is 49.7 Å². The zero-order valence-corrected chi connectivity index (χ0v) is 15.5. The number of benzene rings is 1. The molecular formula is C20H27N3O2. The Morgan fingerprint density at radius 3 is 2.68 bits per heavy atom. The fourth-order valence-electron chi connectivity index (χ4n) is 3.19.